The average Bonchev–Trinajstić information content (AvgIpc) is 3.35. The molecule has 0 amide bonds. The van der Waals surface area contributed by atoms with Gasteiger partial charge in [-0.15, -0.1) is 11.3 Å². The summed E-state index contributed by atoms with van der Waals surface area (Å²) in [6, 6.07) is 16.9. The van der Waals surface area contributed by atoms with Crippen LogP contribution in [0, 0.1) is 0 Å². The van der Waals surface area contributed by atoms with Crippen LogP contribution in [-0.4, -0.2) is 23.4 Å². The van der Waals surface area contributed by atoms with Crippen LogP contribution in [0.2, 0.25) is 0 Å². The molecule has 4 aromatic heterocycles. The smallest absolute Gasteiger partial charge is 0.271 e. The Morgan fingerprint density at radius 1 is 0.806 bits per heavy atom. The highest BCUT2D eigenvalue weighted by Crippen LogP contribution is 2.31. The maximum Gasteiger partial charge on any atom is 0.271 e. The second-order valence-corrected chi connectivity index (χ2v) is 9.68. The van der Waals surface area contributed by atoms with Gasteiger partial charge in [0.25, 0.3) is 10.0 Å². The number of thiophene rings is 1. The Labute approximate surface area is 183 Å². The van der Waals surface area contributed by atoms with Gasteiger partial charge in [-0.3, -0.25) is 19.7 Å². The van der Waals surface area contributed by atoms with Gasteiger partial charge in [0.2, 0.25) is 0 Å². The van der Waals surface area contributed by atoms with Crippen LogP contribution in [-0.2, 0) is 10.0 Å². The topological polar surface area (TPSA) is 84.8 Å². The molecule has 8 heteroatoms. The molecular weight excluding hydrogens is 428 g/mol. The molecule has 4 heterocycles. The maximum atomic E-state index is 12.5. The number of fused-ring (bicyclic) bond motifs is 1. The Balaban J connectivity index is 1.55. The molecular formula is C23H16N4O2S2. The van der Waals surface area contributed by atoms with Gasteiger partial charge in [0.15, 0.2) is 0 Å². The van der Waals surface area contributed by atoms with Gasteiger partial charge in [-0.25, -0.2) is 8.42 Å². The van der Waals surface area contributed by atoms with Crippen LogP contribution >= 0.6 is 11.3 Å². The third kappa shape index (κ3) is 3.90. The number of anilines is 1. The second kappa shape index (κ2) is 7.90. The van der Waals surface area contributed by atoms with E-state index in [9.17, 15) is 8.42 Å². The largest absolute Gasteiger partial charge is 0.277 e. The summed E-state index contributed by atoms with van der Waals surface area (Å²) in [7, 11) is -3.63. The molecule has 0 unspecified atom stereocenters. The molecule has 6 nitrogen and oxygen atoms in total. The maximum absolute atomic E-state index is 12.5. The molecule has 0 radical (unpaired) electrons. The van der Waals surface area contributed by atoms with Crippen molar-refractivity contribution < 1.29 is 8.42 Å². The standard InChI is InChI=1S/C23H16N4O2S2/c28-31(29,23-2-1-11-30-23)27-19-12-18(14-25-15-19)17-3-4-22-21(13-17)20(7-10-26-22)16-5-8-24-9-6-16/h1-15,27H. The summed E-state index contributed by atoms with van der Waals surface area (Å²) in [5, 5.41) is 2.72. The molecule has 0 saturated heterocycles. The summed E-state index contributed by atoms with van der Waals surface area (Å²) in [5.41, 5.74) is 5.11. The van der Waals surface area contributed by atoms with Crippen molar-refractivity contribution in [3.05, 3.63) is 91.0 Å². The molecule has 5 rings (SSSR count). The summed E-state index contributed by atoms with van der Waals surface area (Å²) in [6.45, 7) is 0. The SMILES string of the molecule is O=S(=O)(Nc1cncc(-c2ccc3nccc(-c4ccncc4)c3c2)c1)c1cccs1. The van der Waals surface area contributed by atoms with E-state index in [2.05, 4.69) is 19.7 Å². The number of nitrogens with one attached hydrogen (secondary N) is 1. The van der Waals surface area contributed by atoms with Crippen LogP contribution in [0.3, 0.4) is 0 Å². The van der Waals surface area contributed by atoms with Crippen molar-refractivity contribution in [2.45, 2.75) is 4.21 Å². The minimum Gasteiger partial charge on any atom is -0.277 e. The molecule has 0 fully saturated rings. The fourth-order valence-electron chi connectivity index (χ4n) is 3.38. The van der Waals surface area contributed by atoms with E-state index < -0.39 is 10.0 Å². The Hall–Kier alpha value is -3.62. The van der Waals surface area contributed by atoms with Crippen molar-refractivity contribution in [2.24, 2.45) is 0 Å². The summed E-state index contributed by atoms with van der Waals surface area (Å²) in [5.74, 6) is 0. The van der Waals surface area contributed by atoms with Crippen molar-refractivity contribution in [1.82, 2.24) is 15.0 Å². The Kier molecular flexibility index (Phi) is 4.93. The van der Waals surface area contributed by atoms with Gasteiger partial charge in [0.1, 0.15) is 4.21 Å². The monoisotopic (exact) mass is 444 g/mol. The first-order chi connectivity index (χ1) is 15.1. The van der Waals surface area contributed by atoms with E-state index >= 15 is 0 Å². The molecule has 0 aliphatic rings. The van der Waals surface area contributed by atoms with Crippen molar-refractivity contribution >= 4 is 38.0 Å². The number of benzene rings is 1. The van der Waals surface area contributed by atoms with Gasteiger partial charge in [-0.1, -0.05) is 12.1 Å². The minimum atomic E-state index is -3.63. The van der Waals surface area contributed by atoms with Gasteiger partial charge in [0.05, 0.1) is 17.4 Å². The molecule has 0 saturated carbocycles. The van der Waals surface area contributed by atoms with E-state index in [-0.39, 0.29) is 4.21 Å². The molecule has 31 heavy (non-hydrogen) atoms. The zero-order valence-electron chi connectivity index (χ0n) is 16.1. The van der Waals surface area contributed by atoms with Crippen molar-refractivity contribution in [3.63, 3.8) is 0 Å². The summed E-state index contributed by atoms with van der Waals surface area (Å²) >= 11 is 1.17. The predicted octanol–water partition coefficient (Wildman–Crippen LogP) is 5.22. The number of hydrogen-bond donors (Lipinski definition) is 1. The van der Waals surface area contributed by atoms with E-state index in [1.54, 1.807) is 48.4 Å². The number of rotatable bonds is 5. The van der Waals surface area contributed by atoms with E-state index in [0.717, 1.165) is 33.2 Å². The van der Waals surface area contributed by atoms with Crippen LogP contribution in [0.4, 0.5) is 5.69 Å². The molecule has 1 aromatic carbocycles. The molecule has 0 atom stereocenters. The van der Waals surface area contributed by atoms with Gasteiger partial charge < -0.3 is 0 Å². The van der Waals surface area contributed by atoms with Gasteiger partial charge in [-0.2, -0.15) is 0 Å². The highest BCUT2D eigenvalue weighted by molar-refractivity contribution is 7.94. The van der Waals surface area contributed by atoms with Crippen LogP contribution in [0.25, 0.3) is 33.2 Å². The lowest BCUT2D eigenvalue weighted by atomic mass is 9.98. The molecule has 5 aromatic rings. The first-order valence-electron chi connectivity index (χ1n) is 9.41. The molecule has 0 aliphatic heterocycles. The number of hydrogen-bond acceptors (Lipinski definition) is 6. The summed E-state index contributed by atoms with van der Waals surface area (Å²) in [4.78, 5) is 12.8. The third-order valence-corrected chi connectivity index (χ3v) is 7.60. The van der Waals surface area contributed by atoms with Crippen molar-refractivity contribution in [3.8, 4) is 22.3 Å². The number of nitrogens with zero attached hydrogens (tertiary/aromatic N) is 3. The van der Waals surface area contributed by atoms with Crippen molar-refractivity contribution in [1.29, 1.82) is 0 Å². The number of aromatic nitrogens is 3. The first kappa shape index (κ1) is 19.3. The Morgan fingerprint density at radius 3 is 2.48 bits per heavy atom. The van der Waals surface area contributed by atoms with Crippen LogP contribution < -0.4 is 4.72 Å². The second-order valence-electron chi connectivity index (χ2n) is 6.83. The van der Waals surface area contributed by atoms with E-state index in [4.69, 9.17) is 0 Å². The number of pyridine rings is 3. The summed E-state index contributed by atoms with van der Waals surface area (Å²) < 4.78 is 28.0. The highest BCUT2D eigenvalue weighted by atomic mass is 32.2. The normalized spacial score (nSPS) is 11.5. The summed E-state index contributed by atoms with van der Waals surface area (Å²) in [6.07, 6.45) is 8.53. The number of sulfonamides is 1. The lowest BCUT2D eigenvalue weighted by Gasteiger charge is -2.10. The highest BCUT2D eigenvalue weighted by Gasteiger charge is 2.16. The lowest BCUT2D eigenvalue weighted by molar-refractivity contribution is 0.603. The molecule has 0 spiro atoms. The van der Waals surface area contributed by atoms with Crippen LogP contribution in [0.5, 0.6) is 0 Å². The molecule has 0 aliphatic carbocycles. The van der Waals surface area contributed by atoms with E-state index in [1.807, 2.05) is 36.4 Å². The predicted molar refractivity (Wildman–Crippen MR) is 123 cm³/mol. The van der Waals surface area contributed by atoms with Gasteiger partial charge in [-0.05, 0) is 64.5 Å². The Morgan fingerprint density at radius 2 is 1.68 bits per heavy atom. The zero-order chi connectivity index (χ0) is 21.3. The zero-order valence-corrected chi connectivity index (χ0v) is 17.8. The first-order valence-corrected chi connectivity index (χ1v) is 11.8. The van der Waals surface area contributed by atoms with Gasteiger partial charge in [0, 0.05) is 35.7 Å². The molecule has 0 bridgehead atoms. The van der Waals surface area contributed by atoms with E-state index in [1.165, 1.54) is 17.5 Å². The lowest BCUT2D eigenvalue weighted by Crippen LogP contribution is -2.11. The third-order valence-electron chi connectivity index (χ3n) is 4.82. The molecule has 152 valence electrons. The quantitative estimate of drug-likeness (QED) is 0.402. The molecule has 1 N–H and O–H groups in total. The van der Waals surface area contributed by atoms with Gasteiger partial charge >= 0.3 is 0 Å². The Bertz CT molecular complexity index is 1470. The minimum absolute atomic E-state index is 0.261. The fourth-order valence-corrected chi connectivity index (χ4v) is 5.41. The van der Waals surface area contributed by atoms with Crippen molar-refractivity contribution in [2.75, 3.05) is 4.72 Å². The fraction of sp³-hybridized carbons (Fsp3) is 0. The van der Waals surface area contributed by atoms with E-state index in [0.29, 0.717) is 5.69 Å². The van der Waals surface area contributed by atoms with Crippen LogP contribution in [0.15, 0.2) is 95.2 Å². The average molecular weight is 445 g/mol. The van der Waals surface area contributed by atoms with Crippen LogP contribution in [0.1, 0.15) is 0 Å².